The summed E-state index contributed by atoms with van der Waals surface area (Å²) in [6.45, 7) is 3.23. The minimum absolute atomic E-state index is 0.0695. The Hall–Kier alpha value is -2.19. The number of carbonyl (C=O) groups is 2. The van der Waals surface area contributed by atoms with Crippen LogP contribution in [0.15, 0.2) is 48.6 Å². The number of phosphoric acid groups is 1. The van der Waals surface area contributed by atoms with Gasteiger partial charge < -0.3 is 39.9 Å². The molecule has 0 bridgehead atoms. The Kier molecular flexibility index (Phi) is 34.7. The van der Waals surface area contributed by atoms with Gasteiger partial charge in [0.2, 0.25) is 0 Å². The van der Waals surface area contributed by atoms with Crippen LogP contribution in [0.25, 0.3) is 0 Å². The highest BCUT2D eigenvalue weighted by Crippen LogP contribution is 2.47. The second kappa shape index (κ2) is 37.2. The van der Waals surface area contributed by atoms with E-state index >= 15 is 0 Å². The van der Waals surface area contributed by atoms with E-state index in [0.717, 1.165) is 51.4 Å². The number of allylic oxidation sites excluding steroid dienone is 8. The molecule has 13 nitrogen and oxygen atoms in total. The molecule has 1 aliphatic carbocycles. The van der Waals surface area contributed by atoms with E-state index in [1.54, 1.807) is 0 Å². The molecule has 1 saturated carbocycles. The van der Waals surface area contributed by atoms with E-state index in [1.165, 1.54) is 83.5 Å². The predicted molar refractivity (Wildman–Crippen MR) is 239 cm³/mol. The molecule has 6 unspecified atom stereocenters. The molecule has 0 saturated heterocycles. The van der Waals surface area contributed by atoms with Gasteiger partial charge in [0.05, 0.1) is 6.61 Å². The molecular weight excluding hydrogens is 803 g/mol. The largest absolute Gasteiger partial charge is 0.472 e. The van der Waals surface area contributed by atoms with Crippen molar-refractivity contribution in [2.75, 3.05) is 13.2 Å². The van der Waals surface area contributed by atoms with Crippen molar-refractivity contribution in [3.63, 3.8) is 0 Å². The molecule has 0 aliphatic heterocycles. The van der Waals surface area contributed by atoms with Crippen LogP contribution in [0.3, 0.4) is 0 Å². The normalized spacial score (nSPS) is 22.4. The van der Waals surface area contributed by atoms with E-state index in [2.05, 4.69) is 56.4 Å². The van der Waals surface area contributed by atoms with Gasteiger partial charge >= 0.3 is 19.8 Å². The third kappa shape index (κ3) is 29.7. The van der Waals surface area contributed by atoms with Gasteiger partial charge in [-0.05, 0) is 64.2 Å². The highest BCUT2D eigenvalue weighted by Gasteiger charge is 2.51. The summed E-state index contributed by atoms with van der Waals surface area (Å²) < 4.78 is 33.5. The number of aliphatic hydroxyl groups excluding tert-OH is 5. The fourth-order valence-corrected chi connectivity index (χ4v) is 7.82. The molecule has 1 fully saturated rings. The highest BCUT2D eigenvalue weighted by atomic mass is 31.2. The zero-order chi connectivity index (χ0) is 45.0. The predicted octanol–water partition coefficient (Wildman–Crippen LogP) is 9.17. The molecule has 0 amide bonds. The van der Waals surface area contributed by atoms with E-state index in [1.807, 2.05) is 6.08 Å². The van der Waals surface area contributed by atoms with Gasteiger partial charge in [-0.3, -0.25) is 18.6 Å². The zero-order valence-corrected chi connectivity index (χ0v) is 38.3. The molecule has 354 valence electrons. The van der Waals surface area contributed by atoms with Crippen LogP contribution in [0, 0.1) is 0 Å². The Morgan fingerprint density at radius 3 is 1.49 bits per heavy atom. The third-order valence-electron chi connectivity index (χ3n) is 10.7. The summed E-state index contributed by atoms with van der Waals surface area (Å²) in [7, 11) is -5.13. The van der Waals surface area contributed by atoms with Crippen LogP contribution in [0.4, 0.5) is 0 Å². The number of hydrogen-bond donors (Lipinski definition) is 6. The van der Waals surface area contributed by atoms with Crippen molar-refractivity contribution in [1.29, 1.82) is 0 Å². The fourth-order valence-electron chi connectivity index (χ4n) is 6.85. The first kappa shape index (κ1) is 56.8. The summed E-state index contributed by atoms with van der Waals surface area (Å²) in [6, 6.07) is 0. The second-order valence-electron chi connectivity index (χ2n) is 16.3. The maximum absolute atomic E-state index is 12.8. The number of esters is 2. The molecule has 1 aliphatic rings. The van der Waals surface area contributed by atoms with Gasteiger partial charge in [-0.2, -0.15) is 0 Å². The van der Waals surface area contributed by atoms with Crippen LogP contribution in [0.1, 0.15) is 181 Å². The molecule has 0 radical (unpaired) electrons. The molecule has 6 N–H and O–H groups in total. The number of aliphatic hydroxyl groups is 5. The van der Waals surface area contributed by atoms with E-state index in [-0.39, 0.29) is 12.8 Å². The van der Waals surface area contributed by atoms with Crippen molar-refractivity contribution in [1.82, 2.24) is 0 Å². The summed E-state index contributed by atoms with van der Waals surface area (Å²) >= 11 is 0. The second-order valence-corrected chi connectivity index (χ2v) is 17.7. The van der Waals surface area contributed by atoms with Crippen molar-refractivity contribution in [2.45, 2.75) is 224 Å². The lowest BCUT2D eigenvalue weighted by Crippen LogP contribution is -2.64. The standard InChI is InChI=1S/C47H83O13P/c1-3-5-7-9-11-13-15-17-19-20-22-23-25-27-29-31-33-35-40(48)57-37-39(38-58-61(55,56)60-47-45(53)43(51)42(50)44(52)46(47)54)59-41(49)36-34-32-30-28-26-24-21-18-16-14-12-10-8-6-4-2/h14,16,18,21-23,27,29,39,42-47,50-54H,3-13,15,17,19-20,24-26,28,30-38H2,1-2H3,(H,55,56)/b16-14+,21-18+,23-22+,29-27+/t39-,42?,43-,44?,45?,46?,47?/m0/s1. The first-order chi connectivity index (χ1) is 29.4. The molecule has 1 rings (SSSR count). The first-order valence-corrected chi connectivity index (χ1v) is 25.0. The van der Waals surface area contributed by atoms with Crippen molar-refractivity contribution in [2.24, 2.45) is 0 Å². The Bertz CT molecular complexity index is 1250. The van der Waals surface area contributed by atoms with Gasteiger partial charge in [0, 0.05) is 12.8 Å². The van der Waals surface area contributed by atoms with Crippen molar-refractivity contribution in [3.05, 3.63) is 48.6 Å². The average molecular weight is 887 g/mol. The van der Waals surface area contributed by atoms with Crippen LogP contribution in [0.5, 0.6) is 0 Å². The van der Waals surface area contributed by atoms with E-state index in [4.69, 9.17) is 18.5 Å². The van der Waals surface area contributed by atoms with Crippen molar-refractivity contribution in [3.8, 4) is 0 Å². The summed E-state index contributed by atoms with van der Waals surface area (Å²) in [5.41, 5.74) is 0. The van der Waals surface area contributed by atoms with Gasteiger partial charge in [-0.15, -0.1) is 0 Å². The number of rotatable bonds is 38. The van der Waals surface area contributed by atoms with Gasteiger partial charge in [0.25, 0.3) is 0 Å². The molecule has 0 aromatic heterocycles. The molecular formula is C47H83O13P. The molecule has 8 atom stereocenters. The van der Waals surface area contributed by atoms with Crippen LogP contribution >= 0.6 is 7.82 Å². The molecule has 0 spiro atoms. The van der Waals surface area contributed by atoms with Crippen molar-refractivity contribution >= 4 is 19.8 Å². The smallest absolute Gasteiger partial charge is 0.462 e. The van der Waals surface area contributed by atoms with E-state index in [9.17, 15) is 44.6 Å². The molecule has 0 aromatic carbocycles. The Morgan fingerprint density at radius 1 is 0.525 bits per heavy atom. The molecule has 0 aromatic rings. The fraction of sp³-hybridized carbons (Fsp3) is 0.787. The summed E-state index contributed by atoms with van der Waals surface area (Å²) in [6.07, 6.45) is 30.3. The lowest BCUT2D eigenvalue weighted by Gasteiger charge is -2.41. The van der Waals surface area contributed by atoms with Crippen LogP contribution in [-0.4, -0.2) is 98.3 Å². The first-order valence-electron chi connectivity index (χ1n) is 23.5. The molecule has 61 heavy (non-hydrogen) atoms. The lowest BCUT2D eigenvalue weighted by molar-refractivity contribution is -0.220. The monoisotopic (exact) mass is 887 g/mol. The minimum atomic E-state index is -5.13. The number of ether oxygens (including phenoxy) is 2. The van der Waals surface area contributed by atoms with Crippen LogP contribution < -0.4 is 0 Å². The topological polar surface area (TPSA) is 210 Å². The van der Waals surface area contributed by atoms with Gasteiger partial charge in [-0.25, -0.2) is 4.57 Å². The van der Waals surface area contributed by atoms with E-state index in [0.29, 0.717) is 19.3 Å². The minimum Gasteiger partial charge on any atom is -0.462 e. The maximum Gasteiger partial charge on any atom is 0.472 e. The summed E-state index contributed by atoms with van der Waals surface area (Å²) in [4.78, 5) is 35.7. The third-order valence-corrected chi connectivity index (χ3v) is 11.7. The Labute approximate surface area is 367 Å². The zero-order valence-electron chi connectivity index (χ0n) is 37.4. The van der Waals surface area contributed by atoms with Gasteiger partial charge in [0.15, 0.2) is 6.10 Å². The number of phosphoric ester groups is 1. The average Bonchev–Trinajstić information content (AvgIpc) is 3.24. The SMILES string of the molecule is CCCCCC/C=C/C=C/CCCCCCCC(=O)O[C@@H](COC(=O)CCC/C=C/C/C=C/CCCCCCCCCCC)COP(=O)(O)OC1C(O)C(O)C(O)[C@H](O)C1O. The number of hydrogen-bond acceptors (Lipinski definition) is 12. The quantitative estimate of drug-likeness (QED) is 0.0112. The Balaban J connectivity index is 2.50. The van der Waals surface area contributed by atoms with Gasteiger partial charge in [-0.1, -0.05) is 152 Å². The number of carbonyl (C=O) groups excluding carboxylic acids is 2. The van der Waals surface area contributed by atoms with E-state index < -0.39 is 75.7 Å². The molecule has 14 heteroatoms. The van der Waals surface area contributed by atoms with Crippen LogP contribution in [0.2, 0.25) is 0 Å². The molecule has 0 heterocycles. The summed E-state index contributed by atoms with van der Waals surface area (Å²) in [5.74, 6) is -1.17. The number of unbranched alkanes of at least 4 members (excludes halogenated alkanes) is 19. The van der Waals surface area contributed by atoms with Gasteiger partial charge in [0.1, 0.15) is 43.2 Å². The summed E-state index contributed by atoms with van der Waals surface area (Å²) in [5, 5.41) is 50.1. The van der Waals surface area contributed by atoms with Crippen molar-refractivity contribution < 1.29 is 63.1 Å². The lowest BCUT2D eigenvalue weighted by atomic mass is 9.85. The maximum atomic E-state index is 12.8. The Morgan fingerprint density at radius 2 is 0.951 bits per heavy atom. The van der Waals surface area contributed by atoms with Crippen LogP contribution in [-0.2, 0) is 32.7 Å². The highest BCUT2D eigenvalue weighted by molar-refractivity contribution is 7.47.